The van der Waals surface area contributed by atoms with Gasteiger partial charge in [0.2, 0.25) is 0 Å². The van der Waals surface area contributed by atoms with Gasteiger partial charge in [-0.25, -0.2) is 0 Å². The van der Waals surface area contributed by atoms with Crippen molar-refractivity contribution in [2.24, 2.45) is 5.92 Å². The highest BCUT2D eigenvalue weighted by molar-refractivity contribution is 4.55. The van der Waals surface area contributed by atoms with Crippen LogP contribution in [0.15, 0.2) is 0 Å². The van der Waals surface area contributed by atoms with Crippen LogP contribution in [0, 0.1) is 5.92 Å². The van der Waals surface area contributed by atoms with Gasteiger partial charge in [-0.05, 0) is 25.2 Å². The predicted octanol–water partition coefficient (Wildman–Crippen LogP) is 3.01. The van der Waals surface area contributed by atoms with Crippen LogP contribution in [0.5, 0.6) is 0 Å². The van der Waals surface area contributed by atoms with E-state index in [1.807, 2.05) is 0 Å². The van der Waals surface area contributed by atoms with E-state index in [4.69, 9.17) is 14.6 Å². The molecule has 0 rings (SSSR count). The number of hydrogen-bond donors (Lipinski definition) is 1. The van der Waals surface area contributed by atoms with Crippen molar-refractivity contribution in [3.8, 4) is 0 Å². The van der Waals surface area contributed by atoms with E-state index in [2.05, 4.69) is 13.8 Å². The molecule has 104 valence electrons. The fourth-order valence-electron chi connectivity index (χ4n) is 1.68. The van der Waals surface area contributed by atoms with E-state index in [1.54, 1.807) is 0 Å². The highest BCUT2D eigenvalue weighted by Gasteiger charge is 2.05. The molecule has 0 aliphatic rings. The van der Waals surface area contributed by atoms with Crippen molar-refractivity contribution in [2.75, 3.05) is 33.0 Å². The van der Waals surface area contributed by atoms with Gasteiger partial charge in [0.25, 0.3) is 0 Å². The third-order valence-electron chi connectivity index (χ3n) is 2.97. The highest BCUT2D eigenvalue weighted by atomic mass is 16.5. The molecule has 0 aliphatic carbocycles. The molecule has 0 aromatic carbocycles. The summed E-state index contributed by atoms with van der Waals surface area (Å²) in [5.74, 6) is 0.712. The van der Waals surface area contributed by atoms with Gasteiger partial charge < -0.3 is 14.6 Å². The largest absolute Gasteiger partial charge is 0.396 e. The molecule has 17 heavy (non-hydrogen) atoms. The molecule has 1 unspecified atom stereocenters. The Kier molecular flexibility index (Phi) is 13.8. The molecule has 0 aromatic heterocycles. The summed E-state index contributed by atoms with van der Waals surface area (Å²) in [6.45, 7) is 7.70. The molecule has 0 saturated carbocycles. The third kappa shape index (κ3) is 12.1. The van der Waals surface area contributed by atoms with Crippen molar-refractivity contribution in [1.29, 1.82) is 0 Å². The fourth-order valence-corrected chi connectivity index (χ4v) is 1.68. The van der Waals surface area contributed by atoms with Crippen molar-refractivity contribution in [3.05, 3.63) is 0 Å². The summed E-state index contributed by atoms with van der Waals surface area (Å²) in [6, 6.07) is 0. The van der Waals surface area contributed by atoms with Gasteiger partial charge in [-0.3, -0.25) is 0 Å². The maximum Gasteiger partial charge on any atom is 0.0700 e. The molecule has 0 aliphatic heterocycles. The van der Waals surface area contributed by atoms with Gasteiger partial charge in [-0.2, -0.15) is 0 Å². The standard InChI is InChI=1S/C14H30O3/c1-3-5-8-14(4-2)13-17-12-11-16-10-7-6-9-15/h14-15H,3-13H2,1-2H3. The molecule has 0 aromatic rings. The van der Waals surface area contributed by atoms with Gasteiger partial charge in [-0.15, -0.1) is 0 Å². The van der Waals surface area contributed by atoms with Gasteiger partial charge >= 0.3 is 0 Å². The monoisotopic (exact) mass is 246 g/mol. The highest BCUT2D eigenvalue weighted by Crippen LogP contribution is 2.12. The van der Waals surface area contributed by atoms with Crippen molar-refractivity contribution in [1.82, 2.24) is 0 Å². The molecule has 0 saturated heterocycles. The lowest BCUT2D eigenvalue weighted by Gasteiger charge is -2.14. The Morgan fingerprint density at radius 3 is 2.35 bits per heavy atom. The van der Waals surface area contributed by atoms with Crippen LogP contribution in [0.25, 0.3) is 0 Å². The average Bonchev–Trinajstić information content (AvgIpc) is 2.36. The van der Waals surface area contributed by atoms with E-state index in [1.165, 1.54) is 25.7 Å². The minimum absolute atomic E-state index is 0.259. The summed E-state index contributed by atoms with van der Waals surface area (Å²) >= 11 is 0. The number of unbranched alkanes of at least 4 members (excludes halogenated alkanes) is 2. The summed E-state index contributed by atoms with van der Waals surface area (Å²) < 4.78 is 11.0. The summed E-state index contributed by atoms with van der Waals surface area (Å²) in [6.07, 6.45) is 6.83. The molecular weight excluding hydrogens is 216 g/mol. The quantitative estimate of drug-likeness (QED) is 0.508. The molecular formula is C14H30O3. The van der Waals surface area contributed by atoms with Gasteiger partial charge in [0.05, 0.1) is 13.2 Å². The Bertz CT molecular complexity index is 139. The van der Waals surface area contributed by atoms with Crippen molar-refractivity contribution in [3.63, 3.8) is 0 Å². The molecule has 3 heteroatoms. The van der Waals surface area contributed by atoms with E-state index < -0.39 is 0 Å². The molecule has 1 N–H and O–H groups in total. The molecule has 3 nitrogen and oxygen atoms in total. The van der Waals surface area contributed by atoms with Crippen LogP contribution in [-0.4, -0.2) is 38.1 Å². The second-order valence-corrected chi connectivity index (χ2v) is 4.53. The molecule has 0 fully saturated rings. The Hall–Kier alpha value is -0.120. The smallest absolute Gasteiger partial charge is 0.0700 e. The number of rotatable bonds is 13. The molecule has 0 bridgehead atoms. The Morgan fingerprint density at radius 2 is 1.71 bits per heavy atom. The van der Waals surface area contributed by atoms with E-state index in [-0.39, 0.29) is 6.61 Å². The number of aliphatic hydroxyl groups excluding tert-OH is 1. The lowest BCUT2D eigenvalue weighted by Crippen LogP contribution is -2.12. The summed E-state index contributed by atoms with van der Waals surface area (Å²) in [5, 5.41) is 8.59. The van der Waals surface area contributed by atoms with Crippen LogP contribution in [0.4, 0.5) is 0 Å². The Labute approximate surface area is 107 Å². The minimum atomic E-state index is 0.259. The Morgan fingerprint density at radius 1 is 0.941 bits per heavy atom. The topological polar surface area (TPSA) is 38.7 Å². The predicted molar refractivity (Wildman–Crippen MR) is 71.3 cm³/mol. The molecule has 0 amide bonds. The second kappa shape index (κ2) is 13.9. The first-order valence-electron chi connectivity index (χ1n) is 7.11. The van der Waals surface area contributed by atoms with Crippen LogP contribution in [0.1, 0.15) is 52.4 Å². The SMILES string of the molecule is CCCCC(CC)COCCOCCCCO. The Balaban J connectivity index is 3.19. The summed E-state index contributed by atoms with van der Waals surface area (Å²) in [7, 11) is 0. The zero-order chi connectivity index (χ0) is 12.8. The first-order valence-corrected chi connectivity index (χ1v) is 7.11. The van der Waals surface area contributed by atoms with Crippen LogP contribution >= 0.6 is 0 Å². The van der Waals surface area contributed by atoms with E-state index >= 15 is 0 Å². The minimum Gasteiger partial charge on any atom is -0.396 e. The number of ether oxygens (including phenoxy) is 2. The van der Waals surface area contributed by atoms with Crippen LogP contribution in [-0.2, 0) is 9.47 Å². The van der Waals surface area contributed by atoms with E-state index in [0.29, 0.717) is 19.1 Å². The average molecular weight is 246 g/mol. The lowest BCUT2D eigenvalue weighted by atomic mass is 10.0. The molecule has 0 radical (unpaired) electrons. The van der Waals surface area contributed by atoms with Gasteiger partial charge in [0.1, 0.15) is 0 Å². The number of aliphatic hydroxyl groups is 1. The van der Waals surface area contributed by atoms with Gasteiger partial charge in [0, 0.05) is 19.8 Å². The zero-order valence-corrected chi connectivity index (χ0v) is 11.6. The van der Waals surface area contributed by atoms with Crippen LogP contribution < -0.4 is 0 Å². The van der Waals surface area contributed by atoms with Crippen molar-refractivity contribution >= 4 is 0 Å². The van der Waals surface area contributed by atoms with E-state index in [0.717, 1.165) is 26.1 Å². The zero-order valence-electron chi connectivity index (χ0n) is 11.6. The first kappa shape index (κ1) is 16.9. The summed E-state index contributed by atoms with van der Waals surface area (Å²) in [5.41, 5.74) is 0. The summed E-state index contributed by atoms with van der Waals surface area (Å²) in [4.78, 5) is 0. The third-order valence-corrected chi connectivity index (χ3v) is 2.97. The lowest BCUT2D eigenvalue weighted by molar-refractivity contribution is 0.0295. The molecule has 0 heterocycles. The first-order chi connectivity index (χ1) is 8.35. The molecule has 0 spiro atoms. The maximum atomic E-state index is 8.59. The second-order valence-electron chi connectivity index (χ2n) is 4.53. The van der Waals surface area contributed by atoms with Crippen molar-refractivity contribution < 1.29 is 14.6 Å². The van der Waals surface area contributed by atoms with Crippen LogP contribution in [0.2, 0.25) is 0 Å². The van der Waals surface area contributed by atoms with Crippen molar-refractivity contribution in [2.45, 2.75) is 52.4 Å². The van der Waals surface area contributed by atoms with E-state index in [9.17, 15) is 0 Å². The number of hydrogen-bond acceptors (Lipinski definition) is 3. The van der Waals surface area contributed by atoms with Gasteiger partial charge in [-0.1, -0.05) is 33.1 Å². The van der Waals surface area contributed by atoms with Gasteiger partial charge in [0.15, 0.2) is 0 Å². The maximum absolute atomic E-state index is 8.59. The normalized spacial score (nSPS) is 12.9. The van der Waals surface area contributed by atoms with Crippen LogP contribution in [0.3, 0.4) is 0 Å². The molecule has 1 atom stereocenters. The fraction of sp³-hybridized carbons (Fsp3) is 1.00.